The highest BCUT2D eigenvalue weighted by Crippen LogP contribution is 2.34. The summed E-state index contributed by atoms with van der Waals surface area (Å²) < 4.78 is 28.2. The van der Waals surface area contributed by atoms with Crippen LogP contribution in [0.3, 0.4) is 0 Å². The molecule has 29 heavy (non-hydrogen) atoms. The maximum absolute atomic E-state index is 12.4. The predicted octanol–water partition coefficient (Wildman–Crippen LogP) is 4.18. The Morgan fingerprint density at radius 3 is 2.28 bits per heavy atom. The van der Waals surface area contributed by atoms with Gasteiger partial charge in [-0.25, -0.2) is 13.6 Å². The highest BCUT2D eigenvalue weighted by molar-refractivity contribution is 7.89. The summed E-state index contributed by atoms with van der Waals surface area (Å²) in [7, 11) is -3.72. The molecule has 0 saturated carbocycles. The van der Waals surface area contributed by atoms with Gasteiger partial charge in [-0.05, 0) is 42.7 Å². The number of carbonyl (C=O) groups is 1. The van der Waals surface area contributed by atoms with Crippen LogP contribution in [0.2, 0.25) is 10.0 Å². The molecule has 0 fully saturated rings. The van der Waals surface area contributed by atoms with Gasteiger partial charge in [0.25, 0.3) is 5.91 Å². The lowest BCUT2D eigenvalue weighted by Gasteiger charge is -2.12. The highest BCUT2D eigenvalue weighted by atomic mass is 35.5. The van der Waals surface area contributed by atoms with Crippen molar-refractivity contribution in [3.05, 3.63) is 57.6 Å². The number of halogens is 2. The van der Waals surface area contributed by atoms with Crippen LogP contribution in [0.15, 0.2) is 41.3 Å². The van der Waals surface area contributed by atoms with Crippen molar-refractivity contribution in [3.63, 3.8) is 0 Å². The molecule has 0 unspecified atom stereocenters. The second-order valence-electron chi connectivity index (χ2n) is 6.52. The summed E-state index contributed by atoms with van der Waals surface area (Å²) in [6, 6.07) is 9.24. The number of nitrogens with two attached hydrogens (primary N) is 1. The summed E-state index contributed by atoms with van der Waals surface area (Å²) >= 11 is 12.4. The van der Waals surface area contributed by atoms with Gasteiger partial charge in [-0.2, -0.15) is 0 Å². The monoisotopic (exact) mass is 458 g/mol. The SMILES string of the molecule is CCCCCOc1c(Cl)cc(C(=O)NCCc2ccc(S(N)(=O)=O)cc2)cc1Cl. The molecule has 2 aromatic carbocycles. The Hall–Kier alpha value is -1.80. The van der Waals surface area contributed by atoms with E-state index in [2.05, 4.69) is 12.2 Å². The molecule has 0 aliphatic carbocycles. The minimum Gasteiger partial charge on any atom is -0.490 e. The molecule has 2 rings (SSSR count). The van der Waals surface area contributed by atoms with Crippen LogP contribution in [0.1, 0.15) is 42.1 Å². The zero-order chi connectivity index (χ0) is 21.4. The fraction of sp³-hybridized carbons (Fsp3) is 0.350. The number of amides is 1. The van der Waals surface area contributed by atoms with Crippen molar-refractivity contribution >= 4 is 39.1 Å². The van der Waals surface area contributed by atoms with Gasteiger partial charge in [0.2, 0.25) is 10.0 Å². The van der Waals surface area contributed by atoms with Crippen LogP contribution in [0.25, 0.3) is 0 Å². The standard InChI is InChI=1S/C20H24Cl2N2O4S/c1-2-3-4-11-28-19-17(21)12-15(13-18(19)22)20(25)24-10-9-14-5-7-16(8-6-14)29(23,26)27/h5-8,12-13H,2-4,9-11H2,1H3,(H,24,25)(H2,23,26,27). The second-order valence-corrected chi connectivity index (χ2v) is 8.90. The molecule has 1 amide bonds. The van der Waals surface area contributed by atoms with E-state index in [1.54, 1.807) is 12.1 Å². The van der Waals surface area contributed by atoms with Gasteiger partial charge >= 0.3 is 0 Å². The molecular weight excluding hydrogens is 435 g/mol. The van der Waals surface area contributed by atoms with Crippen molar-refractivity contribution in [2.75, 3.05) is 13.2 Å². The smallest absolute Gasteiger partial charge is 0.251 e. The van der Waals surface area contributed by atoms with E-state index in [0.717, 1.165) is 24.8 Å². The number of rotatable bonds is 10. The average molecular weight is 459 g/mol. The van der Waals surface area contributed by atoms with Crippen molar-refractivity contribution in [3.8, 4) is 5.75 Å². The van der Waals surface area contributed by atoms with Gasteiger partial charge in [0, 0.05) is 12.1 Å². The number of nitrogens with one attached hydrogen (secondary N) is 1. The summed E-state index contributed by atoms with van der Waals surface area (Å²) in [5.41, 5.74) is 1.20. The number of carbonyl (C=O) groups excluding carboxylic acids is 1. The van der Waals surface area contributed by atoms with E-state index in [0.29, 0.717) is 30.9 Å². The number of hydrogen-bond acceptors (Lipinski definition) is 4. The van der Waals surface area contributed by atoms with Gasteiger partial charge in [-0.1, -0.05) is 55.1 Å². The van der Waals surface area contributed by atoms with E-state index in [1.165, 1.54) is 24.3 Å². The number of sulfonamides is 1. The van der Waals surface area contributed by atoms with Crippen molar-refractivity contribution in [2.24, 2.45) is 5.14 Å². The molecule has 0 aromatic heterocycles. The maximum Gasteiger partial charge on any atom is 0.251 e. The Morgan fingerprint density at radius 1 is 1.10 bits per heavy atom. The quantitative estimate of drug-likeness (QED) is 0.521. The van der Waals surface area contributed by atoms with E-state index in [-0.39, 0.29) is 20.8 Å². The Labute approximate surface area is 181 Å². The molecule has 0 heterocycles. The first-order valence-corrected chi connectivity index (χ1v) is 11.5. The lowest BCUT2D eigenvalue weighted by molar-refractivity contribution is 0.0954. The zero-order valence-electron chi connectivity index (χ0n) is 16.1. The largest absolute Gasteiger partial charge is 0.490 e. The minimum atomic E-state index is -3.72. The molecule has 3 N–H and O–H groups in total. The Kier molecular flexibility index (Phi) is 8.77. The van der Waals surface area contributed by atoms with Gasteiger partial charge in [-0.3, -0.25) is 4.79 Å². The molecule has 0 aliphatic heterocycles. The lowest BCUT2D eigenvalue weighted by Crippen LogP contribution is -2.25. The molecule has 2 aromatic rings. The molecule has 158 valence electrons. The van der Waals surface area contributed by atoms with Crippen molar-refractivity contribution in [1.29, 1.82) is 0 Å². The number of hydrogen-bond donors (Lipinski definition) is 2. The van der Waals surface area contributed by atoms with E-state index in [4.69, 9.17) is 33.1 Å². The van der Waals surface area contributed by atoms with Crippen LogP contribution in [-0.2, 0) is 16.4 Å². The summed E-state index contributed by atoms with van der Waals surface area (Å²) in [6.45, 7) is 2.98. The molecular formula is C20H24Cl2N2O4S. The first kappa shape index (κ1) is 23.5. The van der Waals surface area contributed by atoms with E-state index < -0.39 is 10.0 Å². The molecule has 6 nitrogen and oxygen atoms in total. The number of benzene rings is 2. The van der Waals surface area contributed by atoms with Crippen LogP contribution in [0, 0.1) is 0 Å². The second kappa shape index (κ2) is 10.8. The summed E-state index contributed by atoms with van der Waals surface area (Å²) in [4.78, 5) is 12.4. The third kappa shape index (κ3) is 7.19. The van der Waals surface area contributed by atoms with Gasteiger partial charge < -0.3 is 10.1 Å². The van der Waals surface area contributed by atoms with Gasteiger partial charge in [0.05, 0.1) is 21.5 Å². The third-order valence-electron chi connectivity index (χ3n) is 4.21. The lowest BCUT2D eigenvalue weighted by atomic mass is 10.1. The fourth-order valence-corrected chi connectivity index (χ4v) is 3.74. The predicted molar refractivity (Wildman–Crippen MR) is 115 cm³/mol. The van der Waals surface area contributed by atoms with Crippen LogP contribution < -0.4 is 15.2 Å². The van der Waals surface area contributed by atoms with Crippen molar-refractivity contribution in [1.82, 2.24) is 5.32 Å². The van der Waals surface area contributed by atoms with Crippen LogP contribution in [0.4, 0.5) is 0 Å². The molecule has 0 radical (unpaired) electrons. The van der Waals surface area contributed by atoms with E-state index in [9.17, 15) is 13.2 Å². The first-order valence-electron chi connectivity index (χ1n) is 9.24. The van der Waals surface area contributed by atoms with E-state index in [1.807, 2.05) is 0 Å². The zero-order valence-corrected chi connectivity index (χ0v) is 18.4. The molecule has 0 saturated heterocycles. The maximum atomic E-state index is 12.4. The van der Waals surface area contributed by atoms with Crippen molar-refractivity contribution in [2.45, 2.75) is 37.5 Å². The Balaban J connectivity index is 1.92. The fourth-order valence-electron chi connectivity index (χ4n) is 2.62. The highest BCUT2D eigenvalue weighted by Gasteiger charge is 2.14. The number of ether oxygens (including phenoxy) is 1. The van der Waals surface area contributed by atoms with Crippen LogP contribution in [-0.4, -0.2) is 27.5 Å². The Bertz CT molecular complexity index is 924. The average Bonchev–Trinajstić information content (AvgIpc) is 2.66. The van der Waals surface area contributed by atoms with Crippen LogP contribution in [0.5, 0.6) is 5.75 Å². The Morgan fingerprint density at radius 2 is 1.72 bits per heavy atom. The minimum absolute atomic E-state index is 0.0478. The van der Waals surface area contributed by atoms with Gasteiger partial charge in [0.1, 0.15) is 0 Å². The number of unbranched alkanes of at least 4 members (excludes halogenated alkanes) is 2. The summed E-state index contributed by atoms with van der Waals surface area (Å²) in [6.07, 6.45) is 3.57. The molecule has 9 heteroatoms. The third-order valence-corrected chi connectivity index (χ3v) is 5.70. The molecule has 0 atom stereocenters. The van der Waals surface area contributed by atoms with Gasteiger partial charge in [0.15, 0.2) is 5.75 Å². The summed E-state index contributed by atoms with van der Waals surface area (Å²) in [5, 5.41) is 8.44. The normalized spacial score (nSPS) is 11.3. The topological polar surface area (TPSA) is 98.5 Å². The van der Waals surface area contributed by atoms with Crippen molar-refractivity contribution < 1.29 is 17.9 Å². The molecule has 0 bridgehead atoms. The van der Waals surface area contributed by atoms with Crippen LogP contribution >= 0.6 is 23.2 Å². The van der Waals surface area contributed by atoms with Gasteiger partial charge in [-0.15, -0.1) is 0 Å². The molecule has 0 spiro atoms. The van der Waals surface area contributed by atoms with E-state index >= 15 is 0 Å². The molecule has 0 aliphatic rings. The first-order chi connectivity index (χ1) is 13.7. The number of primary sulfonamides is 1. The summed E-state index contributed by atoms with van der Waals surface area (Å²) in [5.74, 6) is 0.0726.